The van der Waals surface area contributed by atoms with Gasteiger partial charge >= 0.3 is 0 Å². The van der Waals surface area contributed by atoms with E-state index >= 15 is 0 Å². The van der Waals surface area contributed by atoms with E-state index in [0.717, 1.165) is 0 Å². The molecule has 0 aliphatic rings. The second-order valence-electron chi connectivity index (χ2n) is 2.55. The van der Waals surface area contributed by atoms with Gasteiger partial charge in [-0.1, -0.05) is 0 Å². The van der Waals surface area contributed by atoms with Crippen molar-refractivity contribution in [3.05, 3.63) is 22.7 Å². The highest BCUT2D eigenvalue weighted by atomic mass is 79.9. The molecule has 0 amide bonds. The van der Waals surface area contributed by atoms with Crippen LogP contribution in [0.25, 0.3) is 0 Å². The Morgan fingerprint density at radius 3 is 2.38 bits per heavy atom. The SMILES string of the molecule is NCC(F)(F)Cc1ncc(Br)cn1. The fraction of sp³-hybridized carbons (Fsp3) is 0.429. The topological polar surface area (TPSA) is 51.8 Å². The van der Waals surface area contributed by atoms with E-state index in [0.29, 0.717) is 4.47 Å². The first-order valence-electron chi connectivity index (χ1n) is 3.58. The maximum atomic E-state index is 12.7. The van der Waals surface area contributed by atoms with Crippen LogP contribution in [0.4, 0.5) is 8.78 Å². The number of nitrogens with zero attached hydrogens (tertiary/aromatic N) is 2. The van der Waals surface area contributed by atoms with Crippen molar-refractivity contribution in [2.24, 2.45) is 5.73 Å². The van der Waals surface area contributed by atoms with E-state index < -0.39 is 18.9 Å². The van der Waals surface area contributed by atoms with Gasteiger partial charge in [0.25, 0.3) is 5.92 Å². The van der Waals surface area contributed by atoms with Gasteiger partial charge in [0.05, 0.1) is 17.4 Å². The average molecular weight is 252 g/mol. The van der Waals surface area contributed by atoms with Crippen LogP contribution in [0.3, 0.4) is 0 Å². The summed E-state index contributed by atoms with van der Waals surface area (Å²) in [4.78, 5) is 7.44. The van der Waals surface area contributed by atoms with E-state index in [-0.39, 0.29) is 5.82 Å². The van der Waals surface area contributed by atoms with Gasteiger partial charge in [-0.25, -0.2) is 18.7 Å². The van der Waals surface area contributed by atoms with Crippen LogP contribution in [0.5, 0.6) is 0 Å². The molecule has 0 saturated carbocycles. The molecule has 72 valence electrons. The summed E-state index contributed by atoms with van der Waals surface area (Å²) in [6.45, 7) is -0.688. The van der Waals surface area contributed by atoms with Crippen molar-refractivity contribution in [1.82, 2.24) is 9.97 Å². The molecule has 13 heavy (non-hydrogen) atoms. The number of rotatable bonds is 3. The largest absolute Gasteiger partial charge is 0.325 e. The van der Waals surface area contributed by atoms with Crippen LogP contribution in [-0.2, 0) is 6.42 Å². The van der Waals surface area contributed by atoms with Crippen LogP contribution < -0.4 is 5.73 Å². The molecule has 1 aromatic heterocycles. The summed E-state index contributed by atoms with van der Waals surface area (Å²) in [5.74, 6) is -2.83. The van der Waals surface area contributed by atoms with Crippen molar-refractivity contribution in [1.29, 1.82) is 0 Å². The molecule has 1 aromatic rings. The minimum atomic E-state index is -2.92. The Kier molecular flexibility index (Phi) is 3.27. The molecule has 2 N–H and O–H groups in total. The summed E-state index contributed by atoms with van der Waals surface area (Å²) < 4.78 is 26.1. The van der Waals surface area contributed by atoms with Crippen LogP contribution in [0.1, 0.15) is 5.82 Å². The fourth-order valence-electron chi connectivity index (χ4n) is 0.734. The van der Waals surface area contributed by atoms with Crippen molar-refractivity contribution in [3.8, 4) is 0 Å². The van der Waals surface area contributed by atoms with Gasteiger partial charge < -0.3 is 5.73 Å². The van der Waals surface area contributed by atoms with Crippen LogP contribution in [0, 0.1) is 0 Å². The van der Waals surface area contributed by atoms with Crippen LogP contribution in [0.2, 0.25) is 0 Å². The standard InChI is InChI=1S/C7H8BrF2N3/c8-5-2-12-6(13-3-5)1-7(9,10)4-11/h2-3H,1,4,11H2. The number of alkyl halides is 2. The van der Waals surface area contributed by atoms with Gasteiger partial charge in [-0.05, 0) is 15.9 Å². The van der Waals surface area contributed by atoms with E-state index in [1.165, 1.54) is 12.4 Å². The average Bonchev–Trinajstić information content (AvgIpc) is 2.09. The van der Waals surface area contributed by atoms with Crippen LogP contribution in [0.15, 0.2) is 16.9 Å². The lowest BCUT2D eigenvalue weighted by molar-refractivity contribution is 0.00950. The Morgan fingerprint density at radius 2 is 1.92 bits per heavy atom. The first kappa shape index (κ1) is 10.5. The fourth-order valence-corrected chi connectivity index (χ4v) is 0.939. The van der Waals surface area contributed by atoms with Crippen LogP contribution >= 0.6 is 15.9 Å². The molecule has 0 fully saturated rings. The summed E-state index contributed by atoms with van der Waals surface area (Å²) in [5.41, 5.74) is 4.87. The molecule has 0 aromatic carbocycles. The van der Waals surface area contributed by atoms with Gasteiger partial charge in [-0.2, -0.15) is 0 Å². The summed E-state index contributed by atoms with van der Waals surface area (Å²) in [6.07, 6.45) is 2.33. The van der Waals surface area contributed by atoms with E-state index in [9.17, 15) is 8.78 Å². The molecular weight excluding hydrogens is 244 g/mol. The lowest BCUT2D eigenvalue weighted by atomic mass is 10.2. The van der Waals surface area contributed by atoms with Crippen molar-refractivity contribution in [3.63, 3.8) is 0 Å². The van der Waals surface area contributed by atoms with Gasteiger partial charge in [0.1, 0.15) is 5.82 Å². The highest BCUT2D eigenvalue weighted by Crippen LogP contribution is 2.16. The van der Waals surface area contributed by atoms with Crippen LogP contribution in [-0.4, -0.2) is 22.4 Å². The zero-order valence-corrected chi connectivity index (χ0v) is 8.26. The highest BCUT2D eigenvalue weighted by molar-refractivity contribution is 9.10. The molecule has 0 aliphatic heterocycles. The number of hydrogen-bond acceptors (Lipinski definition) is 3. The second-order valence-corrected chi connectivity index (χ2v) is 3.47. The number of halogens is 3. The van der Waals surface area contributed by atoms with Gasteiger partial charge in [0.15, 0.2) is 0 Å². The zero-order valence-electron chi connectivity index (χ0n) is 6.67. The Bertz CT molecular complexity index is 276. The maximum absolute atomic E-state index is 12.7. The normalized spacial score (nSPS) is 11.7. The molecule has 0 spiro atoms. The van der Waals surface area contributed by atoms with Crippen molar-refractivity contribution in [2.45, 2.75) is 12.3 Å². The number of hydrogen-bond donors (Lipinski definition) is 1. The predicted octanol–water partition coefficient (Wildman–Crippen LogP) is 1.38. The Labute approximate surface area is 82.5 Å². The third-order valence-corrected chi connectivity index (χ3v) is 1.80. The van der Waals surface area contributed by atoms with E-state index in [2.05, 4.69) is 25.9 Å². The highest BCUT2D eigenvalue weighted by Gasteiger charge is 2.28. The van der Waals surface area contributed by atoms with E-state index in [1.54, 1.807) is 0 Å². The Morgan fingerprint density at radius 1 is 1.38 bits per heavy atom. The zero-order chi connectivity index (χ0) is 9.90. The van der Waals surface area contributed by atoms with Crippen molar-refractivity contribution < 1.29 is 8.78 Å². The molecule has 0 unspecified atom stereocenters. The second kappa shape index (κ2) is 4.06. The summed E-state index contributed by atoms with van der Waals surface area (Å²) >= 11 is 3.10. The van der Waals surface area contributed by atoms with E-state index in [1.807, 2.05) is 0 Å². The Hall–Kier alpha value is -0.620. The molecule has 1 rings (SSSR count). The molecule has 0 bridgehead atoms. The third kappa shape index (κ3) is 3.31. The number of nitrogens with two attached hydrogens (primary N) is 1. The first-order valence-corrected chi connectivity index (χ1v) is 4.37. The smallest absolute Gasteiger partial charge is 0.267 e. The third-order valence-electron chi connectivity index (χ3n) is 1.39. The lowest BCUT2D eigenvalue weighted by Crippen LogP contribution is -2.30. The van der Waals surface area contributed by atoms with E-state index in [4.69, 9.17) is 5.73 Å². The molecular formula is C7H8BrF2N3. The number of aromatic nitrogens is 2. The molecule has 3 nitrogen and oxygen atoms in total. The molecule has 0 radical (unpaired) electrons. The molecule has 1 heterocycles. The summed E-state index contributed by atoms with van der Waals surface area (Å²) in [7, 11) is 0. The van der Waals surface area contributed by atoms with Gasteiger partial charge in [0, 0.05) is 12.4 Å². The lowest BCUT2D eigenvalue weighted by Gasteiger charge is -2.11. The predicted molar refractivity (Wildman–Crippen MR) is 47.4 cm³/mol. The minimum Gasteiger partial charge on any atom is -0.325 e. The molecule has 0 atom stereocenters. The summed E-state index contributed by atoms with van der Waals surface area (Å²) in [5, 5.41) is 0. The molecule has 0 aliphatic carbocycles. The molecule has 0 saturated heterocycles. The summed E-state index contributed by atoms with van der Waals surface area (Å²) in [6, 6.07) is 0. The van der Waals surface area contributed by atoms with Gasteiger partial charge in [-0.3, -0.25) is 0 Å². The quantitative estimate of drug-likeness (QED) is 0.883. The monoisotopic (exact) mass is 251 g/mol. The first-order chi connectivity index (χ1) is 6.03. The molecule has 6 heteroatoms. The maximum Gasteiger partial charge on any atom is 0.267 e. The van der Waals surface area contributed by atoms with Crippen molar-refractivity contribution in [2.75, 3.05) is 6.54 Å². The minimum absolute atomic E-state index is 0.0960. The van der Waals surface area contributed by atoms with Crippen molar-refractivity contribution >= 4 is 15.9 Å². The van der Waals surface area contributed by atoms with Gasteiger partial charge in [0.2, 0.25) is 0 Å². The Balaban J connectivity index is 2.69. The van der Waals surface area contributed by atoms with Gasteiger partial charge in [-0.15, -0.1) is 0 Å².